The zero-order valence-corrected chi connectivity index (χ0v) is 17.3. The van der Waals surface area contributed by atoms with Gasteiger partial charge < -0.3 is 15.0 Å². The molecule has 0 aliphatic carbocycles. The van der Waals surface area contributed by atoms with Crippen LogP contribution in [-0.4, -0.2) is 49.3 Å². The minimum atomic E-state index is -2.50. The second kappa shape index (κ2) is 10.6. The molecular formula is C20H18F3N4O4S-. The Balaban J connectivity index is 1.93. The molecule has 0 saturated carbocycles. The van der Waals surface area contributed by atoms with Gasteiger partial charge in [0.15, 0.2) is 17.4 Å². The van der Waals surface area contributed by atoms with E-state index in [1.54, 1.807) is 0 Å². The summed E-state index contributed by atoms with van der Waals surface area (Å²) in [4.78, 5) is 21.3. The zero-order chi connectivity index (χ0) is 23.3. The number of rotatable bonds is 10. The van der Waals surface area contributed by atoms with Gasteiger partial charge in [0.05, 0.1) is 29.4 Å². The number of hydrogen-bond donors (Lipinski definition) is 3. The van der Waals surface area contributed by atoms with Crippen molar-refractivity contribution in [2.24, 2.45) is 0 Å². The van der Waals surface area contributed by atoms with E-state index in [1.165, 1.54) is 24.4 Å². The number of hydrogen-bond acceptors (Lipinski definition) is 7. The summed E-state index contributed by atoms with van der Waals surface area (Å²) in [6, 6.07) is 4.68. The number of carbonyl (C=O) groups is 1. The van der Waals surface area contributed by atoms with Crippen molar-refractivity contribution in [2.45, 2.75) is 12.8 Å². The molecule has 2 aromatic carbocycles. The fourth-order valence-corrected chi connectivity index (χ4v) is 3.35. The maximum atomic E-state index is 14.9. The molecule has 1 heterocycles. The molecule has 0 saturated heterocycles. The van der Waals surface area contributed by atoms with Crippen molar-refractivity contribution in [3.05, 3.63) is 64.6 Å². The van der Waals surface area contributed by atoms with Crippen LogP contribution in [0.25, 0.3) is 11.0 Å². The number of aliphatic hydroxyl groups is 1. The van der Waals surface area contributed by atoms with Crippen molar-refractivity contribution < 1.29 is 31.8 Å². The van der Waals surface area contributed by atoms with Gasteiger partial charge in [0, 0.05) is 29.9 Å². The van der Waals surface area contributed by atoms with Crippen LogP contribution in [0, 0.1) is 17.5 Å². The number of aromatic nitrogens is 2. The van der Waals surface area contributed by atoms with Gasteiger partial charge in [-0.2, -0.15) is 0 Å². The van der Waals surface area contributed by atoms with E-state index in [-0.39, 0.29) is 49.2 Å². The second-order valence-corrected chi connectivity index (χ2v) is 7.45. The molecule has 1 atom stereocenters. The van der Waals surface area contributed by atoms with Crippen molar-refractivity contribution in [1.29, 1.82) is 0 Å². The van der Waals surface area contributed by atoms with Crippen LogP contribution in [0.4, 0.5) is 19.0 Å². The highest BCUT2D eigenvalue weighted by atomic mass is 32.2. The molecule has 12 heteroatoms. The number of benzene rings is 2. The number of anilines is 1. The van der Waals surface area contributed by atoms with E-state index in [1.807, 2.05) is 0 Å². The fourth-order valence-electron chi connectivity index (χ4n) is 3.04. The molecule has 32 heavy (non-hydrogen) atoms. The zero-order valence-electron chi connectivity index (χ0n) is 16.5. The number of carbonyl (C=O) groups excluding carboxylic acids is 1. The summed E-state index contributed by atoms with van der Waals surface area (Å²) in [6.45, 7) is 0.0544. The van der Waals surface area contributed by atoms with E-state index in [9.17, 15) is 26.7 Å². The molecule has 0 radical (unpaired) electrons. The first-order valence-electron chi connectivity index (χ1n) is 9.47. The maximum absolute atomic E-state index is 14.9. The van der Waals surface area contributed by atoms with Gasteiger partial charge in [-0.05, 0) is 42.7 Å². The molecule has 0 fully saturated rings. The number of fused-ring (bicyclic) bond motifs is 1. The lowest BCUT2D eigenvalue weighted by Crippen LogP contribution is -2.18. The van der Waals surface area contributed by atoms with Crippen molar-refractivity contribution in [3.63, 3.8) is 0 Å². The number of nitrogens with zero attached hydrogens (tertiary/aromatic N) is 2. The summed E-state index contributed by atoms with van der Waals surface area (Å²) in [7, 11) is 0. The van der Waals surface area contributed by atoms with Crippen molar-refractivity contribution in [2.75, 3.05) is 25.0 Å². The van der Waals surface area contributed by atoms with Crippen molar-refractivity contribution in [1.82, 2.24) is 14.7 Å². The molecule has 3 N–H and O–H groups in total. The Bertz CT molecular complexity index is 1180. The van der Waals surface area contributed by atoms with E-state index in [2.05, 4.69) is 20.0 Å². The van der Waals surface area contributed by atoms with Crippen LogP contribution in [0.2, 0.25) is 0 Å². The van der Waals surface area contributed by atoms with Crippen molar-refractivity contribution >= 4 is 33.9 Å². The van der Waals surface area contributed by atoms with Crippen LogP contribution < -0.4 is 10.0 Å². The number of halogens is 3. The molecule has 8 nitrogen and oxygen atoms in total. The van der Waals surface area contributed by atoms with E-state index in [0.29, 0.717) is 17.4 Å². The Kier molecular flexibility index (Phi) is 7.85. The van der Waals surface area contributed by atoms with E-state index in [4.69, 9.17) is 5.11 Å². The number of aryl methyl sites for hydroxylation is 1. The topological polar surface area (TPSA) is 127 Å². The van der Waals surface area contributed by atoms with Crippen LogP contribution in [0.1, 0.15) is 27.9 Å². The Hall–Kier alpha value is -2.93. The summed E-state index contributed by atoms with van der Waals surface area (Å²) < 4.78 is 66.5. The third-order valence-electron chi connectivity index (χ3n) is 4.52. The predicted molar refractivity (Wildman–Crippen MR) is 110 cm³/mol. The van der Waals surface area contributed by atoms with Gasteiger partial charge in [0.25, 0.3) is 0 Å². The Morgan fingerprint density at radius 2 is 1.91 bits per heavy atom. The first kappa shape index (κ1) is 23.7. The van der Waals surface area contributed by atoms with Crippen LogP contribution in [0.5, 0.6) is 0 Å². The SMILES string of the molecule is O=C(c1ccc2ncc(NCCO)nc2c1)c1c(F)c(F)cc(CCCNS(=O)[O-])c1F. The van der Waals surface area contributed by atoms with Gasteiger partial charge in [0.2, 0.25) is 0 Å². The third-order valence-corrected chi connectivity index (χ3v) is 4.96. The summed E-state index contributed by atoms with van der Waals surface area (Å²) in [6.07, 6.45) is 1.42. The lowest BCUT2D eigenvalue weighted by atomic mass is 9.97. The van der Waals surface area contributed by atoms with Crippen molar-refractivity contribution in [3.8, 4) is 0 Å². The minimum Gasteiger partial charge on any atom is -0.760 e. The molecule has 0 amide bonds. The second-order valence-electron chi connectivity index (χ2n) is 6.69. The van der Waals surface area contributed by atoms with Crippen LogP contribution in [-0.2, 0) is 17.7 Å². The lowest BCUT2D eigenvalue weighted by Gasteiger charge is -2.12. The molecular weight excluding hydrogens is 449 g/mol. The summed E-state index contributed by atoms with van der Waals surface area (Å²) in [5.41, 5.74) is -0.735. The quantitative estimate of drug-likeness (QED) is 0.180. The van der Waals surface area contributed by atoms with Gasteiger partial charge in [-0.1, -0.05) is 0 Å². The van der Waals surface area contributed by atoms with Gasteiger partial charge in [-0.25, -0.2) is 22.9 Å². The van der Waals surface area contributed by atoms with E-state index >= 15 is 0 Å². The lowest BCUT2D eigenvalue weighted by molar-refractivity contribution is 0.102. The monoisotopic (exact) mass is 467 g/mol. The number of nitrogens with one attached hydrogen (secondary N) is 2. The normalized spacial score (nSPS) is 12.2. The predicted octanol–water partition coefficient (Wildman–Crippen LogP) is 2.00. The summed E-state index contributed by atoms with van der Waals surface area (Å²) in [5.74, 6) is -4.95. The standard InChI is InChI=1S/C20H19F3N4O4S/c21-13-8-11(2-1-5-26-32(30)31)18(22)17(19(13)23)20(29)12-3-4-14-15(9-12)27-16(10-25-14)24-6-7-28/h3-4,8-10,26,28H,1-2,5-7H2,(H,24,27)(H,30,31)/p-1. The maximum Gasteiger partial charge on any atom is 0.199 e. The van der Waals surface area contributed by atoms with Crippen LogP contribution in [0.3, 0.4) is 0 Å². The Labute approximate surface area is 183 Å². The van der Waals surface area contributed by atoms with Gasteiger partial charge in [-0.15, -0.1) is 0 Å². The average molecular weight is 467 g/mol. The third kappa shape index (κ3) is 5.46. The fraction of sp³-hybridized carbons (Fsp3) is 0.250. The van der Waals surface area contributed by atoms with Crippen LogP contribution >= 0.6 is 0 Å². The molecule has 0 aliphatic heterocycles. The average Bonchev–Trinajstić information content (AvgIpc) is 2.77. The minimum absolute atomic E-state index is 0.0339. The molecule has 1 unspecified atom stereocenters. The van der Waals surface area contributed by atoms with Crippen LogP contribution in [0.15, 0.2) is 30.5 Å². The Morgan fingerprint density at radius 3 is 2.62 bits per heavy atom. The molecule has 0 aliphatic rings. The Morgan fingerprint density at radius 1 is 1.12 bits per heavy atom. The summed E-state index contributed by atoms with van der Waals surface area (Å²) in [5, 5.41) is 11.7. The van der Waals surface area contributed by atoms with E-state index in [0.717, 1.165) is 0 Å². The van der Waals surface area contributed by atoms with Gasteiger partial charge in [-0.3, -0.25) is 14.0 Å². The van der Waals surface area contributed by atoms with Gasteiger partial charge >= 0.3 is 0 Å². The molecule has 3 aromatic rings. The number of aliphatic hydroxyl groups excluding tert-OH is 1. The highest BCUT2D eigenvalue weighted by molar-refractivity contribution is 7.77. The molecule has 0 bridgehead atoms. The first-order valence-corrected chi connectivity index (χ1v) is 10.5. The van der Waals surface area contributed by atoms with E-state index < -0.39 is 40.1 Å². The first-order chi connectivity index (χ1) is 15.3. The molecule has 1 aromatic heterocycles. The molecule has 0 spiro atoms. The summed E-state index contributed by atoms with van der Waals surface area (Å²) >= 11 is -2.50. The highest BCUT2D eigenvalue weighted by Gasteiger charge is 2.25. The van der Waals surface area contributed by atoms with Gasteiger partial charge in [0.1, 0.15) is 11.6 Å². The smallest absolute Gasteiger partial charge is 0.199 e. The number of ketones is 1. The largest absolute Gasteiger partial charge is 0.760 e. The highest BCUT2D eigenvalue weighted by Crippen LogP contribution is 2.25. The molecule has 3 rings (SSSR count). The molecule has 170 valence electrons.